The molecule has 0 heterocycles. The highest BCUT2D eigenvalue weighted by atomic mass is 16.2. The van der Waals surface area contributed by atoms with Crippen molar-refractivity contribution >= 4 is 11.8 Å². The molecule has 1 aromatic carbocycles. The van der Waals surface area contributed by atoms with E-state index in [4.69, 9.17) is 0 Å². The van der Waals surface area contributed by atoms with E-state index in [1.165, 1.54) is 12.8 Å². The van der Waals surface area contributed by atoms with Gasteiger partial charge in [-0.15, -0.1) is 0 Å². The number of rotatable bonds is 5. The third-order valence-electron chi connectivity index (χ3n) is 3.97. The van der Waals surface area contributed by atoms with Crippen molar-refractivity contribution in [2.45, 2.75) is 51.6 Å². The van der Waals surface area contributed by atoms with Crippen LogP contribution in [0.2, 0.25) is 0 Å². The second kappa shape index (κ2) is 7.25. The van der Waals surface area contributed by atoms with Gasteiger partial charge in [-0.3, -0.25) is 9.59 Å². The van der Waals surface area contributed by atoms with Gasteiger partial charge in [0.2, 0.25) is 5.91 Å². The Labute approximate surface area is 126 Å². The summed E-state index contributed by atoms with van der Waals surface area (Å²) < 4.78 is 0. The maximum atomic E-state index is 12.4. The molecule has 0 saturated heterocycles. The zero-order chi connectivity index (χ0) is 15.2. The van der Waals surface area contributed by atoms with E-state index >= 15 is 0 Å². The fourth-order valence-electron chi connectivity index (χ4n) is 2.71. The highest BCUT2D eigenvalue weighted by Gasteiger charge is 2.27. The molecule has 4 nitrogen and oxygen atoms in total. The summed E-state index contributed by atoms with van der Waals surface area (Å²) in [7, 11) is 0. The fraction of sp³-hybridized carbons (Fsp3) is 0.529. The van der Waals surface area contributed by atoms with Gasteiger partial charge in [-0.1, -0.05) is 44.9 Å². The third-order valence-corrected chi connectivity index (χ3v) is 3.97. The molecule has 1 saturated carbocycles. The Hall–Kier alpha value is -1.84. The topological polar surface area (TPSA) is 58.2 Å². The molecule has 1 aromatic rings. The lowest BCUT2D eigenvalue weighted by Gasteiger charge is -2.23. The Morgan fingerprint density at radius 2 is 1.71 bits per heavy atom. The van der Waals surface area contributed by atoms with Gasteiger partial charge in [0.05, 0.1) is 0 Å². The van der Waals surface area contributed by atoms with Gasteiger partial charge < -0.3 is 10.6 Å². The summed E-state index contributed by atoms with van der Waals surface area (Å²) >= 11 is 0. The summed E-state index contributed by atoms with van der Waals surface area (Å²) in [6.07, 6.45) is 4.44. The average molecular weight is 288 g/mol. The molecule has 21 heavy (non-hydrogen) atoms. The van der Waals surface area contributed by atoms with Crippen LogP contribution in [0.15, 0.2) is 30.3 Å². The van der Waals surface area contributed by atoms with E-state index in [1.807, 2.05) is 32.0 Å². The van der Waals surface area contributed by atoms with E-state index in [9.17, 15) is 9.59 Å². The molecule has 0 aliphatic heterocycles. The molecular formula is C17H24N2O2. The van der Waals surface area contributed by atoms with Crippen LogP contribution in [0.4, 0.5) is 0 Å². The number of hydrogen-bond acceptors (Lipinski definition) is 2. The van der Waals surface area contributed by atoms with E-state index in [-0.39, 0.29) is 23.8 Å². The van der Waals surface area contributed by atoms with Crippen LogP contribution in [0.1, 0.15) is 49.9 Å². The van der Waals surface area contributed by atoms with Crippen LogP contribution in [0, 0.1) is 5.92 Å². The van der Waals surface area contributed by atoms with Crippen molar-refractivity contribution in [1.29, 1.82) is 0 Å². The Morgan fingerprint density at radius 3 is 2.29 bits per heavy atom. The Balaban J connectivity index is 1.98. The van der Waals surface area contributed by atoms with Crippen LogP contribution in [-0.4, -0.2) is 23.9 Å². The summed E-state index contributed by atoms with van der Waals surface area (Å²) in [4.78, 5) is 24.6. The summed E-state index contributed by atoms with van der Waals surface area (Å²) in [6.45, 7) is 3.90. The Bertz CT molecular complexity index is 479. The molecule has 4 heteroatoms. The van der Waals surface area contributed by atoms with Crippen molar-refractivity contribution in [2.75, 3.05) is 0 Å². The van der Waals surface area contributed by atoms with E-state index in [0.29, 0.717) is 5.56 Å². The van der Waals surface area contributed by atoms with E-state index in [0.717, 1.165) is 12.8 Å². The normalized spacial score (nSPS) is 16.7. The first-order valence-corrected chi connectivity index (χ1v) is 7.74. The molecular weight excluding hydrogens is 264 g/mol. The van der Waals surface area contributed by atoms with Crippen molar-refractivity contribution in [3.63, 3.8) is 0 Å². The zero-order valence-electron chi connectivity index (χ0n) is 12.8. The van der Waals surface area contributed by atoms with Crippen molar-refractivity contribution in [3.05, 3.63) is 35.9 Å². The van der Waals surface area contributed by atoms with Crippen molar-refractivity contribution in [1.82, 2.24) is 10.6 Å². The van der Waals surface area contributed by atoms with E-state index in [2.05, 4.69) is 10.6 Å². The highest BCUT2D eigenvalue weighted by Crippen LogP contribution is 2.18. The summed E-state index contributed by atoms with van der Waals surface area (Å²) in [5, 5.41) is 5.92. The van der Waals surface area contributed by atoms with Crippen LogP contribution in [0.5, 0.6) is 0 Å². The number of nitrogens with one attached hydrogen (secondary N) is 2. The van der Waals surface area contributed by atoms with Gasteiger partial charge in [-0.05, 0) is 30.9 Å². The van der Waals surface area contributed by atoms with Gasteiger partial charge in [-0.2, -0.15) is 0 Å². The molecule has 1 atom stereocenters. The second-order valence-electron chi connectivity index (χ2n) is 6.05. The van der Waals surface area contributed by atoms with Crippen LogP contribution in [-0.2, 0) is 4.79 Å². The van der Waals surface area contributed by atoms with Gasteiger partial charge in [0.15, 0.2) is 0 Å². The van der Waals surface area contributed by atoms with Gasteiger partial charge in [0, 0.05) is 11.6 Å². The minimum atomic E-state index is -0.488. The van der Waals surface area contributed by atoms with Crippen LogP contribution < -0.4 is 10.6 Å². The Morgan fingerprint density at radius 1 is 1.10 bits per heavy atom. The minimum Gasteiger partial charge on any atom is -0.352 e. The summed E-state index contributed by atoms with van der Waals surface area (Å²) in [5.74, 6) is -0.212. The van der Waals surface area contributed by atoms with Gasteiger partial charge in [-0.25, -0.2) is 0 Å². The van der Waals surface area contributed by atoms with Gasteiger partial charge in [0.1, 0.15) is 6.04 Å². The predicted molar refractivity (Wildman–Crippen MR) is 82.9 cm³/mol. The van der Waals surface area contributed by atoms with Gasteiger partial charge >= 0.3 is 0 Å². The summed E-state index contributed by atoms with van der Waals surface area (Å²) in [5.41, 5.74) is 0.580. The molecule has 2 rings (SSSR count). The van der Waals surface area contributed by atoms with E-state index < -0.39 is 6.04 Å². The molecule has 114 valence electrons. The second-order valence-corrected chi connectivity index (χ2v) is 6.05. The standard InChI is InChI=1S/C17H24N2O2/c1-12(2)15(17(21)18-14-10-6-7-11-14)19-16(20)13-8-4-3-5-9-13/h3-5,8-9,12,14-15H,6-7,10-11H2,1-2H3,(H,18,21)(H,19,20). The van der Waals surface area contributed by atoms with Gasteiger partial charge in [0.25, 0.3) is 5.91 Å². The molecule has 0 aromatic heterocycles. The quantitative estimate of drug-likeness (QED) is 0.874. The van der Waals surface area contributed by atoms with Crippen molar-refractivity contribution in [2.24, 2.45) is 5.92 Å². The molecule has 2 N–H and O–H groups in total. The maximum Gasteiger partial charge on any atom is 0.251 e. The third kappa shape index (κ3) is 4.31. The summed E-state index contributed by atoms with van der Waals surface area (Å²) in [6, 6.07) is 8.79. The predicted octanol–water partition coefficient (Wildman–Crippen LogP) is 2.50. The van der Waals surface area contributed by atoms with Crippen LogP contribution in [0.3, 0.4) is 0 Å². The number of amides is 2. The number of hydrogen-bond donors (Lipinski definition) is 2. The first kappa shape index (κ1) is 15.5. The zero-order valence-corrected chi connectivity index (χ0v) is 12.8. The molecule has 0 spiro atoms. The molecule has 0 radical (unpaired) electrons. The lowest BCUT2D eigenvalue weighted by Crippen LogP contribution is -2.51. The lowest BCUT2D eigenvalue weighted by atomic mass is 10.0. The lowest BCUT2D eigenvalue weighted by molar-refractivity contribution is -0.124. The number of carbonyl (C=O) groups is 2. The molecule has 1 aliphatic rings. The monoisotopic (exact) mass is 288 g/mol. The maximum absolute atomic E-state index is 12.4. The largest absolute Gasteiger partial charge is 0.352 e. The molecule has 1 unspecified atom stereocenters. The number of benzene rings is 1. The molecule has 1 aliphatic carbocycles. The number of carbonyl (C=O) groups excluding carboxylic acids is 2. The minimum absolute atomic E-state index is 0.0547. The Kier molecular flexibility index (Phi) is 5.37. The van der Waals surface area contributed by atoms with Crippen molar-refractivity contribution in [3.8, 4) is 0 Å². The highest BCUT2D eigenvalue weighted by molar-refractivity contribution is 5.97. The molecule has 2 amide bonds. The van der Waals surface area contributed by atoms with Crippen LogP contribution in [0.25, 0.3) is 0 Å². The van der Waals surface area contributed by atoms with E-state index in [1.54, 1.807) is 12.1 Å². The first-order valence-electron chi connectivity index (χ1n) is 7.74. The van der Waals surface area contributed by atoms with Crippen LogP contribution >= 0.6 is 0 Å². The van der Waals surface area contributed by atoms with Crippen molar-refractivity contribution < 1.29 is 9.59 Å². The SMILES string of the molecule is CC(C)C(NC(=O)c1ccccc1)C(=O)NC1CCCC1. The smallest absolute Gasteiger partial charge is 0.251 e. The fourth-order valence-corrected chi connectivity index (χ4v) is 2.71. The molecule has 1 fully saturated rings. The first-order chi connectivity index (χ1) is 10.1. The molecule has 0 bridgehead atoms. The average Bonchev–Trinajstić information content (AvgIpc) is 2.97.